The van der Waals surface area contributed by atoms with Crippen LogP contribution in [0, 0.1) is 0 Å². The molecule has 4 N–H and O–H groups in total. The average Bonchev–Trinajstić information content (AvgIpc) is 3.14. The molecule has 2 aliphatic rings. The third-order valence-corrected chi connectivity index (χ3v) is 8.24. The Bertz CT molecular complexity index is 1510. The SMILES string of the molecule is CCOC(=O)[C@H](CCCCNC(=O)CO[C@H]1O[C@H](COC(C)=O)[C@@H](OC(C)=O)[C@H](OC(C)=O)[C@H]1O)NC(=O)CO[C@H]1O[C@H](COC(C)=O)[C@@H](OC(C)=O)[C@H](OC(C)=O)[C@H]1O. The highest BCUT2D eigenvalue weighted by Gasteiger charge is 2.52. The van der Waals surface area contributed by atoms with Gasteiger partial charge in [0.1, 0.15) is 56.9 Å². The van der Waals surface area contributed by atoms with Gasteiger partial charge in [0.2, 0.25) is 11.8 Å². The van der Waals surface area contributed by atoms with Crippen molar-refractivity contribution >= 4 is 53.6 Å². The second-order valence-electron chi connectivity index (χ2n) is 13.3. The van der Waals surface area contributed by atoms with Crippen molar-refractivity contribution < 1.29 is 105 Å². The maximum Gasteiger partial charge on any atom is 0.328 e. The number of esters is 7. The normalized spacial score (nSPS) is 26.6. The first-order valence-electron chi connectivity index (χ1n) is 18.8. The Labute approximate surface area is 344 Å². The van der Waals surface area contributed by atoms with Gasteiger partial charge in [-0.3, -0.25) is 38.4 Å². The van der Waals surface area contributed by atoms with Gasteiger partial charge in [-0.2, -0.15) is 0 Å². The van der Waals surface area contributed by atoms with E-state index < -0.39 is 147 Å². The van der Waals surface area contributed by atoms with E-state index in [-0.39, 0.29) is 32.4 Å². The minimum atomic E-state index is -1.79. The number of amides is 2. The lowest BCUT2D eigenvalue weighted by molar-refractivity contribution is -0.304. The first-order chi connectivity index (χ1) is 28.2. The Morgan fingerprint density at radius 1 is 0.567 bits per heavy atom. The van der Waals surface area contributed by atoms with Crippen LogP contribution in [0.5, 0.6) is 0 Å². The van der Waals surface area contributed by atoms with Crippen molar-refractivity contribution in [1.82, 2.24) is 10.6 Å². The molecule has 0 aromatic heterocycles. The van der Waals surface area contributed by atoms with Gasteiger partial charge in [0, 0.05) is 48.1 Å². The smallest absolute Gasteiger partial charge is 0.328 e. The lowest BCUT2D eigenvalue weighted by Gasteiger charge is -2.42. The number of ether oxygens (including phenoxy) is 11. The van der Waals surface area contributed by atoms with Gasteiger partial charge in [0.05, 0.1) is 6.61 Å². The zero-order chi connectivity index (χ0) is 45.1. The molecule has 2 heterocycles. The third kappa shape index (κ3) is 17.7. The van der Waals surface area contributed by atoms with E-state index in [9.17, 15) is 53.4 Å². The number of hydrogen-bond acceptors (Lipinski definition) is 22. The van der Waals surface area contributed by atoms with Crippen LogP contribution in [0.15, 0.2) is 0 Å². The molecule has 0 unspecified atom stereocenters. The van der Waals surface area contributed by atoms with Crippen LogP contribution in [0.3, 0.4) is 0 Å². The molecule has 24 heteroatoms. The van der Waals surface area contributed by atoms with Crippen LogP contribution in [0.1, 0.15) is 67.7 Å². The average molecular weight is 867 g/mol. The van der Waals surface area contributed by atoms with Crippen LogP contribution in [-0.2, 0) is 95.3 Å². The number of rotatable bonds is 22. The lowest BCUT2D eigenvalue weighted by Crippen LogP contribution is -2.62. The summed E-state index contributed by atoms with van der Waals surface area (Å²) < 4.78 is 57.9. The van der Waals surface area contributed by atoms with E-state index in [1.807, 2.05) is 0 Å². The second-order valence-corrected chi connectivity index (χ2v) is 13.3. The van der Waals surface area contributed by atoms with Gasteiger partial charge >= 0.3 is 41.8 Å². The van der Waals surface area contributed by atoms with Crippen LogP contribution < -0.4 is 10.6 Å². The molecule has 0 saturated carbocycles. The fourth-order valence-electron chi connectivity index (χ4n) is 5.85. The maximum absolute atomic E-state index is 12.9. The molecule has 0 spiro atoms. The van der Waals surface area contributed by atoms with E-state index >= 15 is 0 Å². The maximum atomic E-state index is 12.9. The van der Waals surface area contributed by atoms with Crippen molar-refractivity contribution in [3.63, 3.8) is 0 Å². The van der Waals surface area contributed by atoms with Gasteiger partial charge < -0.3 is 73.0 Å². The Morgan fingerprint density at radius 3 is 1.38 bits per heavy atom. The summed E-state index contributed by atoms with van der Waals surface area (Å²) in [4.78, 5) is 108. The number of carbonyl (C=O) groups excluding carboxylic acids is 9. The molecule has 0 radical (unpaired) electrons. The van der Waals surface area contributed by atoms with Crippen LogP contribution in [0.4, 0.5) is 0 Å². The monoisotopic (exact) mass is 866 g/mol. The molecule has 24 nitrogen and oxygen atoms in total. The number of carbonyl (C=O) groups is 9. The summed E-state index contributed by atoms with van der Waals surface area (Å²) in [7, 11) is 0. The van der Waals surface area contributed by atoms with Crippen molar-refractivity contribution in [1.29, 1.82) is 0 Å². The summed E-state index contributed by atoms with van der Waals surface area (Å²) >= 11 is 0. The van der Waals surface area contributed by atoms with Crippen LogP contribution in [-0.4, -0.2) is 171 Å². The quantitative estimate of drug-likeness (QED) is 0.0492. The molecule has 0 aromatic rings. The van der Waals surface area contributed by atoms with Crippen LogP contribution in [0.2, 0.25) is 0 Å². The molecule has 60 heavy (non-hydrogen) atoms. The largest absolute Gasteiger partial charge is 0.464 e. The molecule has 2 amide bonds. The molecule has 11 atom stereocenters. The molecule has 2 saturated heterocycles. The zero-order valence-corrected chi connectivity index (χ0v) is 34.3. The first kappa shape index (κ1) is 51.1. The number of hydrogen-bond donors (Lipinski definition) is 4. The fraction of sp³-hybridized carbons (Fsp3) is 0.750. The van der Waals surface area contributed by atoms with Crippen molar-refractivity contribution in [2.45, 2.75) is 135 Å². The summed E-state index contributed by atoms with van der Waals surface area (Å²) in [5.41, 5.74) is 0. The second kappa shape index (κ2) is 25.6. The van der Waals surface area contributed by atoms with Gasteiger partial charge in [0.25, 0.3) is 0 Å². The molecule has 2 fully saturated rings. The van der Waals surface area contributed by atoms with Crippen LogP contribution in [0.25, 0.3) is 0 Å². The third-order valence-electron chi connectivity index (χ3n) is 8.24. The van der Waals surface area contributed by atoms with E-state index in [4.69, 9.17) is 52.1 Å². The summed E-state index contributed by atoms with van der Waals surface area (Å²) in [5.74, 6) is -7.06. The predicted octanol–water partition coefficient (Wildman–Crippen LogP) is -2.62. The van der Waals surface area contributed by atoms with E-state index in [0.717, 1.165) is 41.5 Å². The van der Waals surface area contributed by atoms with Crippen molar-refractivity contribution in [3.8, 4) is 0 Å². The predicted molar refractivity (Wildman–Crippen MR) is 192 cm³/mol. The number of aliphatic hydroxyl groups excluding tert-OH is 2. The molecule has 340 valence electrons. The first-order valence-corrected chi connectivity index (χ1v) is 18.8. The summed E-state index contributed by atoms with van der Waals surface area (Å²) in [6.45, 7) is 5.61. The summed E-state index contributed by atoms with van der Waals surface area (Å²) in [6, 6.07) is -1.18. The molecule has 2 rings (SSSR count). The van der Waals surface area contributed by atoms with Gasteiger partial charge in [-0.15, -0.1) is 0 Å². The highest BCUT2D eigenvalue weighted by Crippen LogP contribution is 2.29. The molecule has 0 aromatic carbocycles. The van der Waals surface area contributed by atoms with Gasteiger partial charge in [-0.25, -0.2) is 4.79 Å². The van der Waals surface area contributed by atoms with E-state index in [1.165, 1.54) is 0 Å². The number of aliphatic hydroxyl groups is 2. The van der Waals surface area contributed by atoms with Gasteiger partial charge in [0.15, 0.2) is 37.0 Å². The zero-order valence-electron chi connectivity index (χ0n) is 34.3. The minimum absolute atomic E-state index is 0.0133. The highest BCUT2D eigenvalue weighted by molar-refractivity contribution is 5.85. The van der Waals surface area contributed by atoms with Crippen LogP contribution >= 0.6 is 0 Å². The molecular weight excluding hydrogens is 812 g/mol. The highest BCUT2D eigenvalue weighted by atomic mass is 16.7. The Hall–Kier alpha value is -5.01. The van der Waals surface area contributed by atoms with Crippen molar-refractivity contribution in [2.24, 2.45) is 0 Å². The standard InChI is InChI=1S/C36H54N2O22/c1-8-50-34(49)23(38-27(46)16-54-36-29(48)33(58-22(7)44)31(56-20(5)42)25(60-36)14-52-18(3)40)11-9-10-12-37-26(45)15-53-35-28(47)32(57-21(6)43)30(55-19(4)41)24(59-35)13-51-17(2)39/h23-25,28-33,35-36,47-48H,8-16H2,1-7H3,(H,37,45)(H,38,46)/t23-,24+,25+,28+,29+,30+,31+,32+,33+,35-,36-/m0/s1. The van der Waals surface area contributed by atoms with E-state index in [0.29, 0.717) is 0 Å². The Morgan fingerprint density at radius 2 is 0.983 bits per heavy atom. The minimum Gasteiger partial charge on any atom is -0.464 e. The lowest BCUT2D eigenvalue weighted by atomic mass is 9.98. The van der Waals surface area contributed by atoms with Crippen molar-refractivity contribution in [3.05, 3.63) is 0 Å². The molecule has 0 aliphatic carbocycles. The van der Waals surface area contributed by atoms with Gasteiger partial charge in [-0.05, 0) is 26.2 Å². The van der Waals surface area contributed by atoms with Gasteiger partial charge in [-0.1, -0.05) is 0 Å². The topological polar surface area (TPSA) is 320 Å². The summed E-state index contributed by atoms with van der Waals surface area (Å²) in [5, 5.41) is 26.8. The van der Waals surface area contributed by atoms with Crippen molar-refractivity contribution in [2.75, 3.05) is 39.6 Å². The summed E-state index contributed by atoms with van der Waals surface area (Å²) in [6.07, 6.45) is -14.6. The molecular formula is C36H54N2O22. The van der Waals surface area contributed by atoms with E-state index in [2.05, 4.69) is 10.6 Å². The van der Waals surface area contributed by atoms with E-state index in [1.54, 1.807) is 6.92 Å². The Kier molecular flexibility index (Phi) is 21.8. The fourth-order valence-corrected chi connectivity index (χ4v) is 5.85. The molecule has 2 aliphatic heterocycles. The molecule has 0 bridgehead atoms. The number of unbranched alkanes of at least 4 members (excludes halogenated alkanes) is 1. The number of nitrogens with one attached hydrogen (secondary N) is 2. The Balaban J connectivity index is 1.96.